The summed E-state index contributed by atoms with van der Waals surface area (Å²) < 4.78 is 0. The fourth-order valence-corrected chi connectivity index (χ4v) is 3.35. The van der Waals surface area contributed by atoms with E-state index in [-0.39, 0.29) is 11.8 Å². The number of pyridine rings is 1. The normalized spacial score (nSPS) is 12.7. The van der Waals surface area contributed by atoms with Crippen LogP contribution >= 0.6 is 0 Å². The van der Waals surface area contributed by atoms with Crippen molar-refractivity contribution < 1.29 is 9.59 Å². The van der Waals surface area contributed by atoms with E-state index in [0.29, 0.717) is 30.8 Å². The molecule has 1 aromatic carbocycles. The summed E-state index contributed by atoms with van der Waals surface area (Å²) in [5.41, 5.74) is 4.82. The Balaban J connectivity index is 1.48. The summed E-state index contributed by atoms with van der Waals surface area (Å²) in [6, 6.07) is 9.96. The second kappa shape index (κ2) is 7.20. The minimum Gasteiger partial charge on any atom is -0.357 e. The number of aromatic amines is 1. The monoisotopic (exact) mass is 372 g/mol. The molecule has 0 saturated heterocycles. The van der Waals surface area contributed by atoms with Gasteiger partial charge in [0.25, 0.3) is 5.91 Å². The van der Waals surface area contributed by atoms with Gasteiger partial charge in [0.15, 0.2) is 0 Å². The Kier molecular flexibility index (Phi) is 4.58. The highest BCUT2D eigenvalue weighted by Crippen LogP contribution is 2.22. The number of nitrogens with zero attached hydrogens (tertiary/aromatic N) is 2. The lowest BCUT2D eigenvalue weighted by molar-refractivity contribution is -0.124. The second-order valence-electron chi connectivity index (χ2n) is 6.97. The number of benzene rings is 1. The van der Waals surface area contributed by atoms with Crippen LogP contribution in [0.15, 0.2) is 36.5 Å². The van der Waals surface area contributed by atoms with Crippen LogP contribution in [0.3, 0.4) is 0 Å². The van der Waals surface area contributed by atoms with Gasteiger partial charge in [-0.2, -0.15) is 0 Å². The summed E-state index contributed by atoms with van der Waals surface area (Å²) in [7, 11) is 1.74. The molecule has 0 bridgehead atoms. The summed E-state index contributed by atoms with van der Waals surface area (Å²) in [5, 5.41) is 3.90. The molecule has 0 unspecified atom stereocenters. The lowest BCUT2D eigenvalue weighted by atomic mass is 10.1. The Morgan fingerprint density at radius 3 is 2.93 bits per heavy atom. The molecule has 0 fully saturated rings. The minimum atomic E-state index is -0.260. The number of H-pyrrole nitrogens is 1. The summed E-state index contributed by atoms with van der Waals surface area (Å²) in [6.45, 7) is 2.51. The molecule has 2 N–H and O–H groups in total. The molecular formula is C22H20N4O2. The van der Waals surface area contributed by atoms with Crippen molar-refractivity contribution in [1.82, 2.24) is 14.9 Å². The van der Waals surface area contributed by atoms with Gasteiger partial charge in [-0.1, -0.05) is 24.1 Å². The SMILES string of the molecule is Cc1c(CN(C)C(=O)C#Cc2cnc3c(c2)CCC(=O)N3)[nH]c2ccccc12. The first-order valence-corrected chi connectivity index (χ1v) is 9.13. The van der Waals surface area contributed by atoms with Crippen molar-refractivity contribution in [3.63, 3.8) is 0 Å². The fourth-order valence-electron chi connectivity index (χ4n) is 3.35. The van der Waals surface area contributed by atoms with Crippen LogP contribution in [-0.4, -0.2) is 33.7 Å². The van der Waals surface area contributed by atoms with Gasteiger partial charge >= 0.3 is 0 Å². The first-order valence-electron chi connectivity index (χ1n) is 9.13. The Labute approximate surface area is 163 Å². The first-order chi connectivity index (χ1) is 13.5. The minimum absolute atomic E-state index is 0.0251. The number of anilines is 1. The number of hydrogen-bond donors (Lipinski definition) is 2. The molecule has 6 heteroatoms. The van der Waals surface area contributed by atoms with Gasteiger partial charge in [0, 0.05) is 47.7 Å². The van der Waals surface area contributed by atoms with Gasteiger partial charge in [-0.05, 0) is 36.6 Å². The van der Waals surface area contributed by atoms with Crippen molar-refractivity contribution in [2.75, 3.05) is 12.4 Å². The second-order valence-corrected chi connectivity index (χ2v) is 6.97. The van der Waals surface area contributed by atoms with Crippen molar-refractivity contribution in [3.8, 4) is 11.8 Å². The smallest absolute Gasteiger partial charge is 0.298 e. The third-order valence-corrected chi connectivity index (χ3v) is 4.97. The number of carbonyl (C=O) groups excluding carboxylic acids is 2. The van der Waals surface area contributed by atoms with Gasteiger partial charge in [-0.15, -0.1) is 0 Å². The summed E-state index contributed by atoms with van der Waals surface area (Å²) in [6.07, 6.45) is 2.65. The van der Waals surface area contributed by atoms with Crippen molar-refractivity contribution in [2.45, 2.75) is 26.3 Å². The van der Waals surface area contributed by atoms with Crippen LogP contribution in [0.5, 0.6) is 0 Å². The highest BCUT2D eigenvalue weighted by molar-refractivity contribution is 5.94. The van der Waals surface area contributed by atoms with Gasteiger partial charge in [0.05, 0.1) is 6.54 Å². The Bertz CT molecular complexity index is 1150. The topological polar surface area (TPSA) is 78.1 Å². The number of rotatable bonds is 2. The summed E-state index contributed by atoms with van der Waals surface area (Å²) in [4.78, 5) is 33.0. The number of aromatic nitrogens is 2. The van der Waals surface area contributed by atoms with Gasteiger partial charge < -0.3 is 15.2 Å². The van der Waals surface area contributed by atoms with Crippen LogP contribution in [0, 0.1) is 18.8 Å². The first kappa shape index (κ1) is 17.8. The lowest BCUT2D eigenvalue weighted by Crippen LogP contribution is -2.25. The molecule has 6 nitrogen and oxygen atoms in total. The Morgan fingerprint density at radius 1 is 1.29 bits per heavy atom. The number of para-hydroxylation sites is 1. The van der Waals surface area contributed by atoms with Gasteiger partial charge in [-0.25, -0.2) is 4.98 Å². The molecular weight excluding hydrogens is 352 g/mol. The number of hydrogen-bond acceptors (Lipinski definition) is 3. The highest BCUT2D eigenvalue weighted by Gasteiger charge is 2.16. The fraction of sp³-hybridized carbons (Fsp3) is 0.227. The molecule has 0 atom stereocenters. The zero-order valence-electron chi connectivity index (χ0n) is 15.8. The lowest BCUT2D eigenvalue weighted by Gasteiger charge is -2.15. The van der Waals surface area contributed by atoms with Gasteiger partial charge in [0.1, 0.15) is 5.82 Å². The predicted octanol–water partition coefficient (Wildman–Crippen LogP) is 2.77. The number of amides is 2. The molecule has 0 spiro atoms. The third kappa shape index (κ3) is 3.47. The zero-order chi connectivity index (χ0) is 19.7. The molecule has 1 aliphatic heterocycles. The maximum Gasteiger partial charge on any atom is 0.298 e. The molecule has 1 aliphatic rings. The molecule has 3 aromatic rings. The van der Waals surface area contributed by atoms with E-state index >= 15 is 0 Å². The van der Waals surface area contributed by atoms with Crippen LogP contribution < -0.4 is 5.32 Å². The molecule has 0 aliphatic carbocycles. The van der Waals surface area contributed by atoms with E-state index in [1.165, 1.54) is 0 Å². The van der Waals surface area contributed by atoms with E-state index in [9.17, 15) is 9.59 Å². The van der Waals surface area contributed by atoms with Crippen LogP contribution in [0.1, 0.15) is 28.8 Å². The predicted molar refractivity (Wildman–Crippen MR) is 108 cm³/mol. The van der Waals surface area contributed by atoms with E-state index in [1.54, 1.807) is 18.1 Å². The number of carbonyl (C=O) groups is 2. The molecule has 2 aromatic heterocycles. The van der Waals surface area contributed by atoms with E-state index in [0.717, 1.165) is 27.7 Å². The van der Waals surface area contributed by atoms with Crippen molar-refractivity contribution in [3.05, 3.63) is 58.9 Å². The number of fused-ring (bicyclic) bond motifs is 2. The number of nitrogens with one attached hydrogen (secondary N) is 2. The van der Waals surface area contributed by atoms with Crippen LogP contribution in [0.25, 0.3) is 10.9 Å². The Morgan fingerprint density at radius 2 is 2.11 bits per heavy atom. The van der Waals surface area contributed by atoms with Crippen LogP contribution in [0.4, 0.5) is 5.82 Å². The highest BCUT2D eigenvalue weighted by atomic mass is 16.2. The van der Waals surface area contributed by atoms with Crippen molar-refractivity contribution >= 4 is 28.5 Å². The largest absolute Gasteiger partial charge is 0.357 e. The number of aryl methyl sites for hydroxylation is 2. The van der Waals surface area contributed by atoms with Crippen molar-refractivity contribution in [1.29, 1.82) is 0 Å². The van der Waals surface area contributed by atoms with Gasteiger partial charge in [-0.3, -0.25) is 9.59 Å². The summed E-state index contributed by atoms with van der Waals surface area (Å²) in [5.74, 6) is 5.87. The van der Waals surface area contributed by atoms with E-state index in [1.807, 2.05) is 24.3 Å². The quantitative estimate of drug-likeness (QED) is 0.679. The van der Waals surface area contributed by atoms with E-state index in [2.05, 4.69) is 40.1 Å². The van der Waals surface area contributed by atoms with Crippen LogP contribution in [0.2, 0.25) is 0 Å². The standard InChI is InChI=1S/C22H20N4O2/c1-14-17-5-3-4-6-18(17)24-19(14)13-26(2)21(28)10-7-15-11-16-8-9-20(27)25-22(16)23-12-15/h3-6,11-12,24H,8-9,13H2,1-2H3,(H,23,25,27). The van der Waals surface area contributed by atoms with E-state index in [4.69, 9.17) is 0 Å². The van der Waals surface area contributed by atoms with Gasteiger partial charge in [0.2, 0.25) is 5.91 Å². The summed E-state index contributed by atoms with van der Waals surface area (Å²) >= 11 is 0. The molecule has 4 rings (SSSR count). The Hall–Kier alpha value is -3.59. The van der Waals surface area contributed by atoms with Crippen molar-refractivity contribution in [2.24, 2.45) is 0 Å². The van der Waals surface area contributed by atoms with Crippen LogP contribution in [-0.2, 0) is 22.6 Å². The molecule has 0 saturated carbocycles. The molecule has 28 heavy (non-hydrogen) atoms. The maximum atomic E-state index is 12.4. The molecule has 2 amide bonds. The molecule has 0 radical (unpaired) electrons. The molecule has 3 heterocycles. The maximum absolute atomic E-state index is 12.4. The van der Waals surface area contributed by atoms with E-state index < -0.39 is 0 Å². The average molecular weight is 372 g/mol. The zero-order valence-corrected chi connectivity index (χ0v) is 15.8. The third-order valence-electron chi connectivity index (χ3n) is 4.97. The average Bonchev–Trinajstić information content (AvgIpc) is 3.01. The molecule has 140 valence electrons.